The van der Waals surface area contributed by atoms with E-state index in [1.807, 2.05) is 82.3 Å². The van der Waals surface area contributed by atoms with Crippen molar-refractivity contribution < 1.29 is 38.7 Å². The lowest BCUT2D eigenvalue weighted by Crippen LogP contribution is -2.60. The normalized spacial score (nSPS) is 14.6. The lowest BCUT2D eigenvalue weighted by molar-refractivity contribution is -0.143. The van der Waals surface area contributed by atoms with E-state index in [1.165, 1.54) is 0 Å². The molecule has 16 heteroatoms. The largest absolute Gasteiger partial charge is 0.480 e. The van der Waals surface area contributed by atoms with Gasteiger partial charge in [-0.2, -0.15) is 0 Å². The van der Waals surface area contributed by atoms with Crippen molar-refractivity contribution in [2.24, 2.45) is 29.2 Å². The van der Waals surface area contributed by atoms with Crippen LogP contribution in [0.2, 0.25) is 0 Å². The van der Waals surface area contributed by atoms with Crippen LogP contribution in [0.5, 0.6) is 0 Å². The van der Waals surface area contributed by atoms with Crippen LogP contribution in [0.4, 0.5) is 0 Å². The van der Waals surface area contributed by atoms with Gasteiger partial charge in [-0.3, -0.25) is 28.8 Å². The highest BCUT2D eigenvalue weighted by molar-refractivity contribution is 5.98. The van der Waals surface area contributed by atoms with Crippen LogP contribution in [0.25, 0.3) is 10.9 Å². The summed E-state index contributed by atoms with van der Waals surface area (Å²) in [6.45, 7) is 10.7. The number of aliphatic carboxylic acids is 1. The van der Waals surface area contributed by atoms with Crippen molar-refractivity contribution in [3.63, 3.8) is 0 Å². The second kappa shape index (κ2) is 21.5. The Balaban J connectivity index is 1.89. The zero-order valence-electron chi connectivity index (χ0n) is 33.5. The number of carboxylic acids is 1. The molecule has 2 aromatic carbocycles. The molecule has 3 aromatic rings. The molecule has 0 aliphatic rings. The van der Waals surface area contributed by atoms with Gasteiger partial charge in [0.2, 0.25) is 35.4 Å². The second-order valence-corrected chi connectivity index (χ2v) is 15.6. The van der Waals surface area contributed by atoms with Gasteiger partial charge in [0, 0.05) is 23.5 Å². The summed E-state index contributed by atoms with van der Waals surface area (Å²) >= 11 is 0. The molecule has 310 valence electrons. The number of aromatic nitrogens is 1. The first-order chi connectivity index (χ1) is 26.9. The summed E-state index contributed by atoms with van der Waals surface area (Å²) in [5.74, 6) is -6.54. The molecule has 1 aromatic heterocycles. The SMILES string of the molecule is CC(C)C[C@H](NC(=O)[C@H](CC(C)C)NC(=O)[C@H](Cc1c[nH]c2ccccc12)NC(=O)[C@H](CC(N)=O)NC(=O)[C@@H](NC(=O)[C@@H](N)Cc1ccccc1)C(C)C)C(=O)O. The fraction of sp³-hybridized carbons (Fsp3) is 0.488. The van der Waals surface area contributed by atoms with E-state index in [0.717, 1.165) is 16.5 Å². The van der Waals surface area contributed by atoms with Crippen molar-refractivity contribution in [1.82, 2.24) is 31.6 Å². The molecule has 0 bridgehead atoms. The van der Waals surface area contributed by atoms with E-state index in [-0.39, 0.29) is 37.5 Å². The molecule has 0 saturated carbocycles. The van der Waals surface area contributed by atoms with Crippen LogP contribution < -0.4 is 38.1 Å². The minimum absolute atomic E-state index is 0.0431. The number of hydrogen-bond donors (Lipinski definition) is 9. The number of carboxylic acid groups (broad SMARTS) is 1. The summed E-state index contributed by atoms with van der Waals surface area (Å²) < 4.78 is 0. The molecular formula is C41H58N8O8. The second-order valence-electron chi connectivity index (χ2n) is 15.6. The van der Waals surface area contributed by atoms with Crippen LogP contribution in [0.1, 0.15) is 71.9 Å². The van der Waals surface area contributed by atoms with E-state index in [2.05, 4.69) is 31.6 Å². The Morgan fingerprint density at radius 1 is 0.632 bits per heavy atom. The quantitative estimate of drug-likeness (QED) is 0.0711. The van der Waals surface area contributed by atoms with Crippen molar-refractivity contribution >= 4 is 52.3 Å². The van der Waals surface area contributed by atoms with Crippen molar-refractivity contribution in [2.75, 3.05) is 0 Å². The molecule has 6 atom stereocenters. The predicted octanol–water partition coefficient (Wildman–Crippen LogP) is 1.41. The molecule has 0 unspecified atom stereocenters. The Labute approximate surface area is 333 Å². The van der Waals surface area contributed by atoms with Crippen LogP contribution in [-0.4, -0.2) is 87.8 Å². The molecule has 0 radical (unpaired) electrons. The highest BCUT2D eigenvalue weighted by Crippen LogP contribution is 2.20. The number of carbonyl (C=O) groups is 7. The maximum absolute atomic E-state index is 14.1. The molecule has 0 aliphatic heterocycles. The number of aromatic amines is 1. The molecule has 0 saturated heterocycles. The number of fused-ring (bicyclic) bond motifs is 1. The molecule has 0 fully saturated rings. The number of para-hydroxylation sites is 1. The van der Waals surface area contributed by atoms with Gasteiger partial charge in [0.1, 0.15) is 30.2 Å². The maximum Gasteiger partial charge on any atom is 0.326 e. The van der Waals surface area contributed by atoms with Gasteiger partial charge < -0.3 is 48.1 Å². The number of primary amides is 1. The summed E-state index contributed by atoms with van der Waals surface area (Å²) in [4.78, 5) is 95.7. The van der Waals surface area contributed by atoms with E-state index in [4.69, 9.17) is 11.5 Å². The van der Waals surface area contributed by atoms with Crippen LogP contribution in [-0.2, 0) is 46.4 Å². The van der Waals surface area contributed by atoms with E-state index >= 15 is 0 Å². The summed E-state index contributed by atoms with van der Waals surface area (Å²) in [7, 11) is 0. The smallest absolute Gasteiger partial charge is 0.326 e. The highest BCUT2D eigenvalue weighted by Gasteiger charge is 2.35. The first-order valence-corrected chi connectivity index (χ1v) is 19.2. The van der Waals surface area contributed by atoms with Gasteiger partial charge in [-0.1, -0.05) is 90.1 Å². The molecule has 6 amide bonds. The third kappa shape index (κ3) is 14.4. The van der Waals surface area contributed by atoms with Gasteiger partial charge in [-0.15, -0.1) is 0 Å². The number of H-pyrrole nitrogens is 1. The Morgan fingerprint density at radius 3 is 1.75 bits per heavy atom. The number of amides is 6. The molecule has 0 aliphatic carbocycles. The van der Waals surface area contributed by atoms with Gasteiger partial charge in [-0.05, 0) is 54.2 Å². The molecule has 57 heavy (non-hydrogen) atoms. The predicted molar refractivity (Wildman–Crippen MR) is 215 cm³/mol. The number of rotatable bonds is 22. The summed E-state index contributed by atoms with van der Waals surface area (Å²) in [6, 6.07) is 8.99. The number of nitrogens with one attached hydrogen (secondary N) is 6. The van der Waals surface area contributed by atoms with Crippen LogP contribution in [0, 0.1) is 17.8 Å². The first-order valence-electron chi connectivity index (χ1n) is 19.2. The average molecular weight is 791 g/mol. The van der Waals surface area contributed by atoms with Gasteiger partial charge in [-0.25, -0.2) is 4.79 Å². The lowest BCUT2D eigenvalue weighted by atomic mass is 9.99. The number of carbonyl (C=O) groups excluding carboxylic acids is 6. The third-order valence-corrected chi connectivity index (χ3v) is 9.31. The monoisotopic (exact) mass is 790 g/mol. The van der Waals surface area contributed by atoms with E-state index in [0.29, 0.717) is 5.56 Å². The van der Waals surface area contributed by atoms with E-state index in [9.17, 15) is 38.7 Å². The van der Waals surface area contributed by atoms with Crippen LogP contribution >= 0.6 is 0 Å². The van der Waals surface area contributed by atoms with Gasteiger partial charge in [0.25, 0.3) is 0 Å². The highest BCUT2D eigenvalue weighted by atomic mass is 16.4. The topological polar surface area (TPSA) is 268 Å². The zero-order chi connectivity index (χ0) is 42.4. The fourth-order valence-corrected chi connectivity index (χ4v) is 6.37. The summed E-state index contributed by atoms with van der Waals surface area (Å²) in [5, 5.41) is 23.6. The molecule has 3 rings (SSSR count). The number of benzene rings is 2. The molecule has 1 heterocycles. The fourth-order valence-electron chi connectivity index (χ4n) is 6.37. The maximum atomic E-state index is 14.1. The Morgan fingerprint density at radius 2 is 1.16 bits per heavy atom. The molecule has 16 nitrogen and oxygen atoms in total. The average Bonchev–Trinajstić information content (AvgIpc) is 3.54. The zero-order valence-corrected chi connectivity index (χ0v) is 33.5. The Hall–Kier alpha value is -5.77. The van der Waals surface area contributed by atoms with E-state index in [1.54, 1.807) is 20.0 Å². The minimum atomic E-state index is -1.56. The van der Waals surface area contributed by atoms with Crippen molar-refractivity contribution in [3.05, 3.63) is 71.9 Å². The minimum Gasteiger partial charge on any atom is -0.480 e. The van der Waals surface area contributed by atoms with Crippen molar-refractivity contribution in [3.8, 4) is 0 Å². The third-order valence-electron chi connectivity index (χ3n) is 9.31. The molecular weight excluding hydrogens is 732 g/mol. The molecule has 11 N–H and O–H groups in total. The Bertz CT molecular complexity index is 1860. The van der Waals surface area contributed by atoms with Crippen LogP contribution in [0.15, 0.2) is 60.8 Å². The van der Waals surface area contributed by atoms with E-state index < -0.39 is 90.0 Å². The number of hydrogen-bond acceptors (Lipinski definition) is 8. The molecule has 0 spiro atoms. The lowest BCUT2D eigenvalue weighted by Gasteiger charge is -2.28. The van der Waals surface area contributed by atoms with Gasteiger partial charge in [0.05, 0.1) is 12.5 Å². The van der Waals surface area contributed by atoms with Crippen molar-refractivity contribution in [1.29, 1.82) is 0 Å². The van der Waals surface area contributed by atoms with Crippen molar-refractivity contribution in [2.45, 2.75) is 110 Å². The van der Waals surface area contributed by atoms with Crippen LogP contribution in [0.3, 0.4) is 0 Å². The van der Waals surface area contributed by atoms with Gasteiger partial charge in [0.15, 0.2) is 0 Å². The number of nitrogens with two attached hydrogens (primary N) is 2. The first kappa shape index (κ1) is 45.6. The summed E-state index contributed by atoms with van der Waals surface area (Å²) in [6.07, 6.45) is 1.48. The Kier molecular flexibility index (Phi) is 17.2. The standard InChI is InChI=1S/C41H58N8O8/c1-22(2)16-30(37(52)48-33(41(56)57)17-23(3)4)45-38(53)31(19-26-21-44-29-15-11-10-14-27(26)29)46-39(54)32(20-34(43)50)47-40(55)35(24(5)6)49-36(51)28(42)18-25-12-8-7-9-13-25/h7-15,21-24,28,30-33,35,44H,16-20,42H2,1-6H3,(H2,43,50)(H,45,53)(H,46,54)(H,47,55)(H,48,52)(H,49,51)(H,56,57)/t28-,30-,31-,32-,33-,35-/m0/s1. The van der Waals surface area contributed by atoms with Gasteiger partial charge >= 0.3 is 5.97 Å². The summed E-state index contributed by atoms with van der Waals surface area (Å²) in [5.41, 5.74) is 13.9.